The number of piperazine rings is 1. The first-order chi connectivity index (χ1) is 11.5. The molecule has 0 bridgehead atoms. The predicted molar refractivity (Wildman–Crippen MR) is 96.2 cm³/mol. The van der Waals surface area contributed by atoms with E-state index in [1.807, 2.05) is 4.90 Å². The number of halogens is 2. The summed E-state index contributed by atoms with van der Waals surface area (Å²) in [4.78, 5) is 24.1. The van der Waals surface area contributed by atoms with E-state index in [2.05, 4.69) is 20.2 Å². The zero-order valence-electron chi connectivity index (χ0n) is 13.2. The van der Waals surface area contributed by atoms with Gasteiger partial charge >= 0.3 is 0 Å². The number of amides is 1. The van der Waals surface area contributed by atoms with Gasteiger partial charge in [-0.1, -0.05) is 29.3 Å². The van der Waals surface area contributed by atoms with Crippen LogP contribution >= 0.6 is 23.2 Å². The molecule has 0 aliphatic carbocycles. The molecule has 1 aromatic heterocycles. The number of nitrogens with zero attached hydrogens (tertiary/aromatic N) is 4. The van der Waals surface area contributed by atoms with Crippen LogP contribution in [0.1, 0.15) is 6.92 Å². The van der Waals surface area contributed by atoms with Crippen molar-refractivity contribution in [3.8, 4) is 0 Å². The largest absolute Gasteiger partial charge is 0.339 e. The van der Waals surface area contributed by atoms with Gasteiger partial charge in [0.25, 0.3) is 0 Å². The van der Waals surface area contributed by atoms with Gasteiger partial charge in [0.05, 0.1) is 15.7 Å². The van der Waals surface area contributed by atoms with E-state index in [9.17, 15) is 4.79 Å². The highest BCUT2D eigenvalue weighted by molar-refractivity contribution is 6.39. The highest BCUT2D eigenvalue weighted by Gasteiger charge is 2.20. The van der Waals surface area contributed by atoms with Crippen LogP contribution in [0.15, 0.2) is 30.5 Å². The molecule has 1 amide bonds. The number of para-hydroxylation sites is 1. The Labute approximate surface area is 150 Å². The molecule has 6 nitrogen and oxygen atoms in total. The van der Waals surface area contributed by atoms with Crippen molar-refractivity contribution in [3.05, 3.63) is 40.5 Å². The summed E-state index contributed by atoms with van der Waals surface area (Å²) < 4.78 is 0. The third kappa shape index (κ3) is 3.71. The van der Waals surface area contributed by atoms with Gasteiger partial charge in [-0.05, 0) is 18.2 Å². The standard InChI is InChI=1S/C16H17Cl2N5O/c1-11(24)22-7-9-23(10-8-22)16-19-6-5-14(21-16)20-15-12(17)3-2-4-13(15)18/h2-6H,7-10H2,1H3,(H,19,20,21). The number of anilines is 3. The fraction of sp³-hybridized carbons (Fsp3) is 0.312. The first-order valence-electron chi connectivity index (χ1n) is 7.59. The first-order valence-corrected chi connectivity index (χ1v) is 8.35. The van der Waals surface area contributed by atoms with Crippen LogP contribution in [0.25, 0.3) is 0 Å². The summed E-state index contributed by atoms with van der Waals surface area (Å²) in [5.41, 5.74) is 0.617. The fourth-order valence-corrected chi connectivity index (χ4v) is 3.03. The molecule has 1 aromatic carbocycles. The zero-order valence-corrected chi connectivity index (χ0v) is 14.7. The number of hydrogen-bond donors (Lipinski definition) is 1. The quantitative estimate of drug-likeness (QED) is 0.904. The van der Waals surface area contributed by atoms with E-state index in [-0.39, 0.29) is 5.91 Å². The minimum absolute atomic E-state index is 0.0966. The molecule has 0 radical (unpaired) electrons. The van der Waals surface area contributed by atoms with E-state index in [1.54, 1.807) is 37.4 Å². The summed E-state index contributed by atoms with van der Waals surface area (Å²) >= 11 is 12.4. The number of carbonyl (C=O) groups excluding carboxylic acids is 1. The Morgan fingerprint density at radius 3 is 2.42 bits per heavy atom. The van der Waals surface area contributed by atoms with Crippen molar-refractivity contribution in [2.24, 2.45) is 0 Å². The molecule has 1 fully saturated rings. The van der Waals surface area contributed by atoms with Gasteiger partial charge in [0, 0.05) is 39.3 Å². The van der Waals surface area contributed by atoms with Gasteiger partial charge in [-0.15, -0.1) is 0 Å². The molecule has 126 valence electrons. The summed E-state index contributed by atoms with van der Waals surface area (Å²) in [6, 6.07) is 7.07. The van der Waals surface area contributed by atoms with Crippen LogP contribution in [0.3, 0.4) is 0 Å². The van der Waals surface area contributed by atoms with E-state index >= 15 is 0 Å². The first kappa shape index (κ1) is 16.8. The van der Waals surface area contributed by atoms with Crippen LogP contribution in [-0.4, -0.2) is 47.0 Å². The second-order valence-corrected chi connectivity index (χ2v) is 6.27. The summed E-state index contributed by atoms with van der Waals surface area (Å²) in [7, 11) is 0. The molecule has 0 atom stereocenters. The number of nitrogens with one attached hydrogen (secondary N) is 1. The van der Waals surface area contributed by atoms with Gasteiger partial charge in [0.1, 0.15) is 5.82 Å². The Kier molecular flexibility index (Phi) is 5.06. The Bertz CT molecular complexity index is 727. The van der Waals surface area contributed by atoms with Gasteiger partial charge < -0.3 is 15.1 Å². The lowest BCUT2D eigenvalue weighted by molar-refractivity contribution is -0.129. The Morgan fingerprint density at radius 2 is 1.79 bits per heavy atom. The Morgan fingerprint density at radius 1 is 1.12 bits per heavy atom. The normalized spacial score (nSPS) is 14.6. The van der Waals surface area contributed by atoms with Gasteiger partial charge in [-0.2, -0.15) is 4.98 Å². The number of carbonyl (C=O) groups is 1. The van der Waals surface area contributed by atoms with Gasteiger partial charge in [-0.3, -0.25) is 4.79 Å². The number of hydrogen-bond acceptors (Lipinski definition) is 5. The lowest BCUT2D eigenvalue weighted by Crippen LogP contribution is -2.48. The number of benzene rings is 1. The highest BCUT2D eigenvalue weighted by atomic mass is 35.5. The third-order valence-electron chi connectivity index (χ3n) is 3.87. The molecule has 24 heavy (non-hydrogen) atoms. The summed E-state index contributed by atoms with van der Waals surface area (Å²) in [6.07, 6.45) is 1.69. The predicted octanol–water partition coefficient (Wildman–Crippen LogP) is 3.20. The average Bonchev–Trinajstić information content (AvgIpc) is 2.59. The van der Waals surface area contributed by atoms with Crippen molar-refractivity contribution in [2.45, 2.75) is 6.92 Å². The molecule has 2 heterocycles. The molecule has 1 N–H and O–H groups in total. The van der Waals surface area contributed by atoms with E-state index in [0.29, 0.717) is 53.7 Å². The van der Waals surface area contributed by atoms with Crippen molar-refractivity contribution in [1.82, 2.24) is 14.9 Å². The van der Waals surface area contributed by atoms with Crippen molar-refractivity contribution >= 4 is 46.6 Å². The molecular formula is C16H17Cl2N5O. The van der Waals surface area contributed by atoms with Gasteiger partial charge in [0.15, 0.2) is 0 Å². The molecule has 1 aliphatic heterocycles. The maximum absolute atomic E-state index is 11.4. The second kappa shape index (κ2) is 7.23. The number of rotatable bonds is 3. The second-order valence-electron chi connectivity index (χ2n) is 5.46. The molecule has 8 heteroatoms. The minimum atomic E-state index is 0.0966. The van der Waals surface area contributed by atoms with Crippen LogP contribution in [0.4, 0.5) is 17.5 Å². The molecule has 3 rings (SSSR count). The fourth-order valence-electron chi connectivity index (χ4n) is 2.54. The molecule has 2 aromatic rings. The molecule has 0 unspecified atom stereocenters. The Hall–Kier alpha value is -2.05. The minimum Gasteiger partial charge on any atom is -0.339 e. The SMILES string of the molecule is CC(=O)N1CCN(c2nccc(Nc3c(Cl)cccc3Cl)n2)CC1. The molecule has 0 spiro atoms. The number of aromatic nitrogens is 2. The lowest BCUT2D eigenvalue weighted by Gasteiger charge is -2.34. The van der Waals surface area contributed by atoms with Crippen molar-refractivity contribution < 1.29 is 4.79 Å². The third-order valence-corrected chi connectivity index (χ3v) is 4.50. The zero-order chi connectivity index (χ0) is 17.1. The maximum Gasteiger partial charge on any atom is 0.227 e. The van der Waals surface area contributed by atoms with Crippen LogP contribution in [0.5, 0.6) is 0 Å². The Balaban J connectivity index is 1.74. The van der Waals surface area contributed by atoms with Crippen molar-refractivity contribution in [1.29, 1.82) is 0 Å². The average molecular weight is 366 g/mol. The van der Waals surface area contributed by atoms with Crippen molar-refractivity contribution in [2.75, 3.05) is 36.4 Å². The van der Waals surface area contributed by atoms with Crippen LogP contribution < -0.4 is 10.2 Å². The smallest absolute Gasteiger partial charge is 0.227 e. The van der Waals surface area contributed by atoms with E-state index in [0.717, 1.165) is 0 Å². The van der Waals surface area contributed by atoms with Crippen LogP contribution in [0, 0.1) is 0 Å². The highest BCUT2D eigenvalue weighted by Crippen LogP contribution is 2.32. The maximum atomic E-state index is 11.4. The summed E-state index contributed by atoms with van der Waals surface area (Å²) in [6.45, 7) is 4.34. The molecule has 0 saturated carbocycles. The summed E-state index contributed by atoms with van der Waals surface area (Å²) in [5.74, 6) is 1.33. The van der Waals surface area contributed by atoms with E-state index in [1.165, 1.54) is 0 Å². The molecule has 1 aliphatic rings. The van der Waals surface area contributed by atoms with Gasteiger partial charge in [-0.25, -0.2) is 4.98 Å². The lowest BCUT2D eigenvalue weighted by atomic mass is 10.3. The molecular weight excluding hydrogens is 349 g/mol. The van der Waals surface area contributed by atoms with E-state index in [4.69, 9.17) is 23.2 Å². The topological polar surface area (TPSA) is 61.4 Å². The molecule has 1 saturated heterocycles. The van der Waals surface area contributed by atoms with E-state index < -0.39 is 0 Å². The van der Waals surface area contributed by atoms with Crippen molar-refractivity contribution in [3.63, 3.8) is 0 Å². The van der Waals surface area contributed by atoms with Crippen LogP contribution in [0.2, 0.25) is 10.0 Å². The van der Waals surface area contributed by atoms with Gasteiger partial charge in [0.2, 0.25) is 11.9 Å². The monoisotopic (exact) mass is 365 g/mol. The summed E-state index contributed by atoms with van der Waals surface area (Å²) in [5, 5.41) is 4.19. The van der Waals surface area contributed by atoms with Crippen LogP contribution in [-0.2, 0) is 4.79 Å².